The molecule has 1 aromatic heterocycles. The number of nitrogens with zero attached hydrogens (tertiary/aromatic N) is 2. The van der Waals surface area contributed by atoms with Crippen LogP contribution < -0.4 is 10.1 Å². The van der Waals surface area contributed by atoms with Gasteiger partial charge in [-0.3, -0.25) is 0 Å². The lowest BCUT2D eigenvalue weighted by Gasteiger charge is -2.13. The Hall–Kier alpha value is -1.63. The van der Waals surface area contributed by atoms with Gasteiger partial charge in [0.1, 0.15) is 18.5 Å². The molecule has 0 bridgehead atoms. The van der Waals surface area contributed by atoms with Crippen LogP contribution in [-0.4, -0.2) is 34.5 Å². The molecule has 1 unspecified atom stereocenters. The lowest BCUT2D eigenvalue weighted by molar-refractivity contribution is 0.106. The second-order valence-corrected chi connectivity index (χ2v) is 4.76. The summed E-state index contributed by atoms with van der Waals surface area (Å²) in [4.78, 5) is 3.86. The van der Waals surface area contributed by atoms with Gasteiger partial charge in [-0.15, -0.1) is 0 Å². The van der Waals surface area contributed by atoms with Crippen molar-refractivity contribution < 1.29 is 14.4 Å². The molecule has 108 valence electrons. The second kappa shape index (κ2) is 7.23. The number of benzene rings is 1. The fourth-order valence-corrected chi connectivity index (χ4v) is 1.70. The molecule has 1 heterocycles. The SMILES string of the molecule is Cc1cc(OCC(O)CNCc2ncon2)ccc1Cl. The summed E-state index contributed by atoms with van der Waals surface area (Å²) in [7, 11) is 0. The first-order valence-corrected chi connectivity index (χ1v) is 6.56. The third kappa shape index (κ3) is 4.48. The summed E-state index contributed by atoms with van der Waals surface area (Å²) in [6.45, 7) is 2.91. The minimum absolute atomic E-state index is 0.195. The average molecular weight is 298 g/mol. The summed E-state index contributed by atoms with van der Waals surface area (Å²) >= 11 is 5.93. The van der Waals surface area contributed by atoms with Crippen molar-refractivity contribution >= 4 is 11.6 Å². The van der Waals surface area contributed by atoms with Gasteiger partial charge in [-0.1, -0.05) is 16.8 Å². The molecule has 20 heavy (non-hydrogen) atoms. The molecule has 0 radical (unpaired) electrons. The summed E-state index contributed by atoms with van der Waals surface area (Å²) < 4.78 is 10.1. The highest BCUT2D eigenvalue weighted by Crippen LogP contribution is 2.20. The maximum Gasteiger partial charge on any atom is 0.213 e. The van der Waals surface area contributed by atoms with Crippen molar-refractivity contribution in [1.82, 2.24) is 15.5 Å². The van der Waals surface area contributed by atoms with Gasteiger partial charge >= 0.3 is 0 Å². The minimum atomic E-state index is -0.627. The molecule has 0 fully saturated rings. The lowest BCUT2D eigenvalue weighted by atomic mass is 10.2. The number of aliphatic hydroxyl groups is 1. The largest absolute Gasteiger partial charge is 0.491 e. The van der Waals surface area contributed by atoms with Crippen LogP contribution in [0.4, 0.5) is 0 Å². The molecule has 1 atom stereocenters. The number of aryl methyl sites for hydroxylation is 1. The Morgan fingerprint density at radius 2 is 2.35 bits per heavy atom. The number of hydrogen-bond donors (Lipinski definition) is 2. The Morgan fingerprint density at radius 3 is 3.05 bits per heavy atom. The van der Waals surface area contributed by atoms with E-state index in [1.807, 2.05) is 13.0 Å². The standard InChI is InChI=1S/C13H16ClN3O3/c1-9-4-11(2-3-12(9)14)19-7-10(18)5-15-6-13-16-8-20-17-13/h2-4,8,10,15,18H,5-7H2,1H3. The first-order valence-electron chi connectivity index (χ1n) is 6.18. The molecular formula is C13H16ClN3O3. The molecule has 0 aliphatic carbocycles. The Morgan fingerprint density at radius 1 is 1.50 bits per heavy atom. The highest BCUT2D eigenvalue weighted by molar-refractivity contribution is 6.31. The van der Waals surface area contributed by atoms with Crippen molar-refractivity contribution in [2.24, 2.45) is 0 Å². The third-order valence-corrected chi connectivity index (χ3v) is 3.07. The Labute approximate surface area is 121 Å². The lowest BCUT2D eigenvalue weighted by Crippen LogP contribution is -2.31. The smallest absolute Gasteiger partial charge is 0.213 e. The molecule has 6 nitrogen and oxygen atoms in total. The zero-order chi connectivity index (χ0) is 14.4. The van der Waals surface area contributed by atoms with Crippen LogP contribution in [0.3, 0.4) is 0 Å². The van der Waals surface area contributed by atoms with E-state index in [4.69, 9.17) is 16.3 Å². The number of aromatic nitrogens is 2. The molecule has 2 N–H and O–H groups in total. The van der Waals surface area contributed by atoms with Gasteiger partial charge in [-0.2, -0.15) is 4.98 Å². The van der Waals surface area contributed by atoms with Crippen molar-refractivity contribution in [3.05, 3.63) is 41.0 Å². The summed E-state index contributed by atoms with van der Waals surface area (Å²) in [6.07, 6.45) is 0.636. The molecule has 0 aliphatic rings. The molecule has 0 amide bonds. The maximum absolute atomic E-state index is 9.79. The first-order chi connectivity index (χ1) is 9.65. The van der Waals surface area contributed by atoms with Crippen LogP contribution in [0.15, 0.2) is 29.1 Å². The van der Waals surface area contributed by atoms with Crippen LogP contribution in [0.5, 0.6) is 5.75 Å². The number of rotatable bonds is 7. The van der Waals surface area contributed by atoms with Crippen LogP contribution in [-0.2, 0) is 6.54 Å². The molecule has 0 saturated heterocycles. The van der Waals surface area contributed by atoms with Gasteiger partial charge in [0, 0.05) is 11.6 Å². The number of aliphatic hydroxyl groups excluding tert-OH is 1. The van der Waals surface area contributed by atoms with E-state index in [-0.39, 0.29) is 6.61 Å². The second-order valence-electron chi connectivity index (χ2n) is 4.35. The summed E-state index contributed by atoms with van der Waals surface area (Å²) in [6, 6.07) is 5.38. The maximum atomic E-state index is 9.79. The third-order valence-electron chi connectivity index (χ3n) is 2.64. The van der Waals surface area contributed by atoms with Crippen LogP contribution in [0.1, 0.15) is 11.4 Å². The monoisotopic (exact) mass is 297 g/mol. The molecule has 2 rings (SSSR count). The van der Waals surface area contributed by atoms with Crippen LogP contribution in [0, 0.1) is 6.92 Å². The fraction of sp³-hybridized carbons (Fsp3) is 0.385. The Bertz CT molecular complexity index is 534. The zero-order valence-electron chi connectivity index (χ0n) is 11.0. The van der Waals surface area contributed by atoms with Gasteiger partial charge in [-0.05, 0) is 30.7 Å². The van der Waals surface area contributed by atoms with E-state index in [2.05, 4.69) is 20.0 Å². The van der Waals surface area contributed by atoms with E-state index in [1.54, 1.807) is 12.1 Å². The molecule has 2 aromatic rings. The number of halogens is 1. The first kappa shape index (κ1) is 14.8. The van der Waals surface area contributed by atoms with Crippen molar-refractivity contribution in [3.8, 4) is 5.75 Å². The van der Waals surface area contributed by atoms with Gasteiger partial charge in [0.05, 0.1) is 6.54 Å². The summed E-state index contributed by atoms with van der Waals surface area (Å²) in [5.41, 5.74) is 0.939. The predicted molar refractivity (Wildman–Crippen MR) is 73.7 cm³/mol. The van der Waals surface area contributed by atoms with E-state index in [9.17, 15) is 5.11 Å². The normalized spacial score (nSPS) is 12.3. The van der Waals surface area contributed by atoms with Crippen molar-refractivity contribution in [3.63, 3.8) is 0 Å². The quantitative estimate of drug-likeness (QED) is 0.807. The van der Waals surface area contributed by atoms with Crippen molar-refractivity contribution in [1.29, 1.82) is 0 Å². The highest BCUT2D eigenvalue weighted by Gasteiger charge is 2.07. The summed E-state index contributed by atoms with van der Waals surface area (Å²) in [5.74, 6) is 1.23. The molecule has 7 heteroatoms. The molecular weight excluding hydrogens is 282 g/mol. The summed E-state index contributed by atoms with van der Waals surface area (Å²) in [5, 5.41) is 17.1. The van der Waals surface area contributed by atoms with E-state index in [1.165, 1.54) is 6.39 Å². The van der Waals surface area contributed by atoms with Crippen molar-refractivity contribution in [2.75, 3.05) is 13.2 Å². The predicted octanol–water partition coefficient (Wildman–Crippen LogP) is 1.56. The topological polar surface area (TPSA) is 80.4 Å². The average Bonchev–Trinajstić information content (AvgIpc) is 2.93. The van der Waals surface area contributed by atoms with Crippen molar-refractivity contribution in [2.45, 2.75) is 19.6 Å². The van der Waals surface area contributed by atoms with Crippen LogP contribution >= 0.6 is 11.6 Å². The van der Waals surface area contributed by atoms with Gasteiger partial charge in [-0.25, -0.2) is 0 Å². The van der Waals surface area contributed by atoms with Crippen LogP contribution in [0.2, 0.25) is 5.02 Å². The van der Waals surface area contributed by atoms with E-state index in [0.717, 1.165) is 5.56 Å². The Balaban J connectivity index is 1.69. The molecule has 0 spiro atoms. The van der Waals surface area contributed by atoms with E-state index >= 15 is 0 Å². The van der Waals surface area contributed by atoms with Gasteiger partial charge in [0.25, 0.3) is 0 Å². The zero-order valence-corrected chi connectivity index (χ0v) is 11.8. The molecule has 0 aliphatic heterocycles. The minimum Gasteiger partial charge on any atom is -0.491 e. The highest BCUT2D eigenvalue weighted by atomic mass is 35.5. The van der Waals surface area contributed by atoms with Gasteiger partial charge in [0.2, 0.25) is 6.39 Å². The molecule has 0 saturated carbocycles. The van der Waals surface area contributed by atoms with E-state index < -0.39 is 6.10 Å². The fourth-order valence-electron chi connectivity index (χ4n) is 1.58. The van der Waals surface area contributed by atoms with Gasteiger partial charge < -0.3 is 19.7 Å². The number of ether oxygens (including phenoxy) is 1. The van der Waals surface area contributed by atoms with Gasteiger partial charge in [0.15, 0.2) is 5.82 Å². The molecule has 1 aromatic carbocycles. The van der Waals surface area contributed by atoms with E-state index in [0.29, 0.717) is 29.7 Å². The number of nitrogens with one attached hydrogen (secondary N) is 1. The Kier molecular flexibility index (Phi) is 5.34. The number of hydrogen-bond acceptors (Lipinski definition) is 6. The van der Waals surface area contributed by atoms with Crippen LogP contribution in [0.25, 0.3) is 0 Å².